The molecule has 27 heavy (non-hydrogen) atoms. The van der Waals surface area contributed by atoms with Crippen molar-refractivity contribution in [2.45, 2.75) is 26.4 Å². The number of hydrogen-bond donors (Lipinski definition) is 1. The van der Waals surface area contributed by atoms with E-state index in [0.29, 0.717) is 36.2 Å². The molecule has 0 aliphatic carbocycles. The second-order valence-electron chi connectivity index (χ2n) is 6.67. The monoisotopic (exact) mass is 386 g/mol. The second-order valence-corrected chi connectivity index (χ2v) is 7.11. The topological polar surface area (TPSA) is 58.6 Å². The Kier molecular flexibility index (Phi) is 6.35. The molecule has 142 valence electrons. The average Bonchev–Trinajstić information content (AvgIpc) is 3.04. The van der Waals surface area contributed by atoms with Crippen LogP contribution in [-0.4, -0.2) is 29.8 Å². The van der Waals surface area contributed by atoms with Gasteiger partial charge in [-0.1, -0.05) is 30.7 Å². The fourth-order valence-electron chi connectivity index (χ4n) is 3.06. The van der Waals surface area contributed by atoms with Crippen molar-refractivity contribution in [3.63, 3.8) is 0 Å². The van der Waals surface area contributed by atoms with Crippen molar-refractivity contribution >= 4 is 29.1 Å². The summed E-state index contributed by atoms with van der Waals surface area (Å²) in [5, 5.41) is 3.58. The maximum Gasteiger partial charge on any atom is 0.229 e. The van der Waals surface area contributed by atoms with Crippen LogP contribution in [0, 0.1) is 5.92 Å². The molecular formula is C21H23ClN2O3. The molecule has 0 bridgehead atoms. The number of anilines is 1. The maximum atomic E-state index is 12.4. The Morgan fingerprint density at radius 3 is 2.56 bits per heavy atom. The minimum atomic E-state index is -0.287. The van der Waals surface area contributed by atoms with Gasteiger partial charge >= 0.3 is 0 Å². The van der Waals surface area contributed by atoms with Gasteiger partial charge in [0.05, 0.1) is 5.92 Å². The molecule has 2 aromatic carbocycles. The first-order valence-corrected chi connectivity index (χ1v) is 9.49. The van der Waals surface area contributed by atoms with Gasteiger partial charge in [-0.25, -0.2) is 0 Å². The van der Waals surface area contributed by atoms with E-state index in [1.54, 1.807) is 17.0 Å². The molecule has 1 atom stereocenters. The number of likely N-dealkylation sites (tertiary alicyclic amines) is 1. The number of carbonyl (C=O) groups is 2. The van der Waals surface area contributed by atoms with Crippen LogP contribution < -0.4 is 10.1 Å². The van der Waals surface area contributed by atoms with Crippen LogP contribution in [0.15, 0.2) is 48.5 Å². The number of amides is 2. The Hall–Kier alpha value is -2.53. The van der Waals surface area contributed by atoms with Gasteiger partial charge in [0.1, 0.15) is 12.4 Å². The summed E-state index contributed by atoms with van der Waals surface area (Å²) in [6, 6.07) is 14.7. The van der Waals surface area contributed by atoms with Crippen LogP contribution in [0.4, 0.5) is 5.69 Å². The van der Waals surface area contributed by atoms with Gasteiger partial charge in [-0.05, 0) is 48.4 Å². The van der Waals surface area contributed by atoms with Gasteiger partial charge in [-0.3, -0.25) is 9.59 Å². The first-order valence-electron chi connectivity index (χ1n) is 9.11. The molecule has 1 heterocycles. The van der Waals surface area contributed by atoms with Gasteiger partial charge in [-0.2, -0.15) is 0 Å². The van der Waals surface area contributed by atoms with Crippen LogP contribution in [0.2, 0.25) is 5.02 Å². The Balaban J connectivity index is 1.50. The molecule has 3 rings (SSSR count). The molecule has 1 N–H and O–H groups in total. The summed E-state index contributed by atoms with van der Waals surface area (Å²) in [7, 11) is 0. The number of nitrogens with zero attached hydrogens (tertiary/aromatic N) is 1. The van der Waals surface area contributed by atoms with Crippen molar-refractivity contribution in [1.29, 1.82) is 0 Å². The molecule has 0 aromatic heterocycles. The zero-order valence-corrected chi connectivity index (χ0v) is 16.0. The van der Waals surface area contributed by atoms with E-state index < -0.39 is 0 Å². The van der Waals surface area contributed by atoms with Crippen molar-refractivity contribution in [3.05, 3.63) is 59.1 Å². The third-order valence-corrected chi connectivity index (χ3v) is 4.77. The molecule has 1 unspecified atom stereocenters. The Labute approximate surface area is 164 Å². The number of carbonyl (C=O) groups excluding carboxylic acids is 2. The molecule has 0 spiro atoms. The largest absolute Gasteiger partial charge is 0.489 e. The van der Waals surface area contributed by atoms with Crippen LogP contribution in [0.5, 0.6) is 5.75 Å². The molecule has 2 aromatic rings. The number of halogens is 1. The first kappa shape index (κ1) is 19.2. The summed E-state index contributed by atoms with van der Waals surface area (Å²) < 4.78 is 5.74. The minimum Gasteiger partial charge on any atom is -0.489 e. The summed E-state index contributed by atoms with van der Waals surface area (Å²) in [5.41, 5.74) is 1.72. The van der Waals surface area contributed by atoms with E-state index in [2.05, 4.69) is 5.32 Å². The second kappa shape index (κ2) is 8.91. The van der Waals surface area contributed by atoms with E-state index in [1.807, 2.05) is 43.3 Å². The van der Waals surface area contributed by atoms with Crippen LogP contribution >= 0.6 is 11.6 Å². The highest BCUT2D eigenvalue weighted by Gasteiger charge is 2.33. The number of nitrogens with one attached hydrogen (secondary N) is 1. The zero-order chi connectivity index (χ0) is 19.2. The fourth-order valence-corrected chi connectivity index (χ4v) is 3.19. The number of benzene rings is 2. The van der Waals surface area contributed by atoms with Crippen molar-refractivity contribution in [2.24, 2.45) is 5.92 Å². The molecular weight excluding hydrogens is 364 g/mol. The van der Waals surface area contributed by atoms with E-state index in [0.717, 1.165) is 12.0 Å². The van der Waals surface area contributed by atoms with Gasteiger partial charge in [0.25, 0.3) is 0 Å². The van der Waals surface area contributed by atoms with Gasteiger partial charge in [0.15, 0.2) is 0 Å². The number of rotatable bonds is 7. The Morgan fingerprint density at radius 1 is 1.19 bits per heavy atom. The predicted octanol–water partition coefficient (Wildman–Crippen LogP) is 4.12. The lowest BCUT2D eigenvalue weighted by atomic mass is 10.1. The molecule has 0 radical (unpaired) electrons. The minimum absolute atomic E-state index is 0.0583. The standard InChI is InChI=1S/C21H23ClN2O3/c1-2-11-24-13-16(12-20(24)25)21(26)23-18-7-9-19(10-8-18)27-14-15-3-5-17(22)6-4-15/h3-10,16H,2,11-14H2,1H3,(H,23,26). The van der Waals surface area contributed by atoms with Crippen molar-refractivity contribution < 1.29 is 14.3 Å². The Morgan fingerprint density at radius 2 is 1.89 bits per heavy atom. The third-order valence-electron chi connectivity index (χ3n) is 4.52. The first-order chi connectivity index (χ1) is 13.0. The van der Waals surface area contributed by atoms with E-state index in [-0.39, 0.29) is 24.2 Å². The molecule has 1 fully saturated rings. The summed E-state index contributed by atoms with van der Waals surface area (Å²) in [6.45, 7) is 3.68. The lowest BCUT2D eigenvalue weighted by molar-refractivity contribution is -0.128. The zero-order valence-electron chi connectivity index (χ0n) is 15.3. The van der Waals surface area contributed by atoms with Crippen molar-refractivity contribution in [3.8, 4) is 5.75 Å². The lowest BCUT2D eigenvalue weighted by Crippen LogP contribution is -2.28. The molecule has 1 aliphatic rings. The third kappa shape index (κ3) is 5.23. The lowest BCUT2D eigenvalue weighted by Gasteiger charge is -2.15. The number of hydrogen-bond acceptors (Lipinski definition) is 3. The Bertz CT molecular complexity index is 790. The van der Waals surface area contributed by atoms with Crippen LogP contribution in [0.25, 0.3) is 0 Å². The summed E-state index contributed by atoms with van der Waals surface area (Å²) in [4.78, 5) is 26.1. The molecule has 1 aliphatic heterocycles. The van der Waals surface area contributed by atoms with Crippen molar-refractivity contribution in [2.75, 3.05) is 18.4 Å². The van der Waals surface area contributed by atoms with Crippen molar-refractivity contribution in [1.82, 2.24) is 4.90 Å². The van der Waals surface area contributed by atoms with E-state index >= 15 is 0 Å². The van der Waals surface area contributed by atoms with Gasteiger partial charge < -0.3 is 15.0 Å². The average molecular weight is 387 g/mol. The molecule has 5 nitrogen and oxygen atoms in total. The normalized spacial score (nSPS) is 16.4. The number of ether oxygens (including phenoxy) is 1. The van der Waals surface area contributed by atoms with E-state index in [9.17, 15) is 9.59 Å². The molecule has 2 amide bonds. The summed E-state index contributed by atoms with van der Waals surface area (Å²) >= 11 is 5.87. The maximum absolute atomic E-state index is 12.4. The SMILES string of the molecule is CCCN1CC(C(=O)Nc2ccc(OCc3ccc(Cl)cc3)cc2)CC1=O. The van der Waals surface area contributed by atoms with E-state index in [1.165, 1.54) is 0 Å². The van der Waals surface area contributed by atoms with Gasteiger partial charge in [0, 0.05) is 30.2 Å². The highest BCUT2D eigenvalue weighted by molar-refractivity contribution is 6.30. The summed E-state index contributed by atoms with van der Waals surface area (Å²) in [5.74, 6) is 0.373. The predicted molar refractivity (Wildman–Crippen MR) is 106 cm³/mol. The van der Waals surface area contributed by atoms with Gasteiger partial charge in [-0.15, -0.1) is 0 Å². The quantitative estimate of drug-likeness (QED) is 0.778. The fraction of sp³-hybridized carbons (Fsp3) is 0.333. The smallest absolute Gasteiger partial charge is 0.229 e. The molecule has 1 saturated heterocycles. The highest BCUT2D eigenvalue weighted by atomic mass is 35.5. The van der Waals surface area contributed by atoms with Crippen LogP contribution in [-0.2, 0) is 16.2 Å². The highest BCUT2D eigenvalue weighted by Crippen LogP contribution is 2.22. The van der Waals surface area contributed by atoms with Crippen LogP contribution in [0.3, 0.4) is 0 Å². The van der Waals surface area contributed by atoms with Crippen LogP contribution in [0.1, 0.15) is 25.3 Å². The molecule has 0 saturated carbocycles. The molecule has 6 heteroatoms. The van der Waals surface area contributed by atoms with Gasteiger partial charge in [0.2, 0.25) is 11.8 Å². The summed E-state index contributed by atoms with van der Waals surface area (Å²) in [6.07, 6.45) is 1.19. The van der Waals surface area contributed by atoms with E-state index in [4.69, 9.17) is 16.3 Å².